The second-order valence-corrected chi connectivity index (χ2v) is 6.81. The van der Waals surface area contributed by atoms with Crippen molar-refractivity contribution in [1.82, 2.24) is 10.1 Å². The summed E-state index contributed by atoms with van der Waals surface area (Å²) in [6, 6.07) is 7.78. The number of carbonyl (C=O) groups is 2. The van der Waals surface area contributed by atoms with Crippen LogP contribution in [0, 0.1) is 0 Å². The van der Waals surface area contributed by atoms with Crippen LogP contribution in [0.1, 0.15) is 16.2 Å². The van der Waals surface area contributed by atoms with Crippen LogP contribution >= 0.6 is 11.6 Å². The van der Waals surface area contributed by atoms with Crippen LogP contribution in [-0.2, 0) is 16.1 Å². The van der Waals surface area contributed by atoms with E-state index in [9.17, 15) is 9.59 Å². The Kier molecular flexibility index (Phi) is 7.57. The lowest BCUT2D eigenvalue weighted by molar-refractivity contribution is -0.119. The lowest BCUT2D eigenvalue weighted by Gasteiger charge is -2.12. The van der Waals surface area contributed by atoms with Crippen LogP contribution in [0.5, 0.6) is 23.0 Å². The summed E-state index contributed by atoms with van der Waals surface area (Å²) in [7, 11) is 4.40. The van der Waals surface area contributed by atoms with Crippen molar-refractivity contribution in [2.45, 2.75) is 6.61 Å². The SMILES string of the molecule is COc1ccc(-c2noc(COC(=O)c3cc(Cl)c(OCC(N)=O)c(OC)c3)n2)c(OC)c1. The van der Waals surface area contributed by atoms with Crippen molar-refractivity contribution in [2.24, 2.45) is 5.73 Å². The highest BCUT2D eigenvalue weighted by Crippen LogP contribution is 2.37. The van der Waals surface area contributed by atoms with Crippen LogP contribution in [0.15, 0.2) is 34.9 Å². The fourth-order valence-corrected chi connectivity index (χ4v) is 3.00. The van der Waals surface area contributed by atoms with Gasteiger partial charge in [0.1, 0.15) is 11.5 Å². The number of aromatic nitrogens is 2. The first-order chi connectivity index (χ1) is 15.9. The van der Waals surface area contributed by atoms with Gasteiger partial charge in [-0.25, -0.2) is 4.79 Å². The Hall–Kier alpha value is -3.99. The molecule has 0 spiro atoms. The van der Waals surface area contributed by atoms with E-state index in [1.165, 1.54) is 26.4 Å². The van der Waals surface area contributed by atoms with Gasteiger partial charge in [-0.1, -0.05) is 16.8 Å². The molecule has 0 atom stereocenters. The molecule has 33 heavy (non-hydrogen) atoms. The van der Waals surface area contributed by atoms with Gasteiger partial charge in [0.25, 0.3) is 11.8 Å². The van der Waals surface area contributed by atoms with Gasteiger partial charge < -0.3 is 33.9 Å². The minimum Gasteiger partial charge on any atom is -0.497 e. The standard InChI is InChI=1S/C21H20ClN3O8/c1-28-12-4-5-13(15(8-12)29-2)20-24-18(33-25-20)10-32-21(27)11-6-14(22)19(16(7-11)30-3)31-9-17(23)26/h4-8H,9-10H2,1-3H3,(H2,23,26). The molecule has 2 aromatic carbocycles. The number of amides is 1. The number of carbonyl (C=O) groups excluding carboxylic acids is 2. The molecule has 3 aromatic rings. The largest absolute Gasteiger partial charge is 0.497 e. The summed E-state index contributed by atoms with van der Waals surface area (Å²) in [4.78, 5) is 27.7. The van der Waals surface area contributed by atoms with Gasteiger partial charge in [-0.3, -0.25) is 4.79 Å². The first kappa shape index (κ1) is 23.7. The van der Waals surface area contributed by atoms with Gasteiger partial charge in [-0.2, -0.15) is 4.98 Å². The van der Waals surface area contributed by atoms with E-state index in [2.05, 4.69) is 10.1 Å². The molecule has 0 radical (unpaired) electrons. The van der Waals surface area contributed by atoms with Gasteiger partial charge in [-0.05, 0) is 24.3 Å². The van der Waals surface area contributed by atoms with Crippen molar-refractivity contribution < 1.29 is 37.8 Å². The molecule has 0 saturated heterocycles. The van der Waals surface area contributed by atoms with E-state index in [0.29, 0.717) is 17.1 Å². The minimum absolute atomic E-state index is 0.0363. The first-order valence-corrected chi connectivity index (χ1v) is 9.74. The molecular formula is C21H20ClN3O8. The normalized spacial score (nSPS) is 10.4. The van der Waals surface area contributed by atoms with Crippen LogP contribution in [-0.4, -0.2) is 50.0 Å². The van der Waals surface area contributed by atoms with Crippen LogP contribution in [0.4, 0.5) is 0 Å². The van der Waals surface area contributed by atoms with E-state index in [1.807, 2.05) is 0 Å². The molecule has 0 saturated carbocycles. The second kappa shape index (κ2) is 10.6. The highest BCUT2D eigenvalue weighted by atomic mass is 35.5. The number of halogens is 1. The molecule has 0 aliphatic heterocycles. The molecule has 0 bridgehead atoms. The lowest BCUT2D eigenvalue weighted by atomic mass is 10.2. The third-order valence-electron chi connectivity index (χ3n) is 4.27. The summed E-state index contributed by atoms with van der Waals surface area (Å²) in [6.07, 6.45) is 0. The highest BCUT2D eigenvalue weighted by molar-refractivity contribution is 6.32. The van der Waals surface area contributed by atoms with Crippen molar-refractivity contribution in [2.75, 3.05) is 27.9 Å². The average molecular weight is 478 g/mol. The topological polar surface area (TPSA) is 145 Å². The second-order valence-electron chi connectivity index (χ2n) is 6.40. The van der Waals surface area contributed by atoms with Crippen LogP contribution in [0.25, 0.3) is 11.4 Å². The Morgan fingerprint density at radius 2 is 1.82 bits per heavy atom. The van der Waals surface area contributed by atoms with E-state index in [4.69, 9.17) is 45.5 Å². The number of esters is 1. The van der Waals surface area contributed by atoms with Crippen molar-refractivity contribution >= 4 is 23.5 Å². The van der Waals surface area contributed by atoms with Crippen molar-refractivity contribution in [1.29, 1.82) is 0 Å². The molecule has 174 valence electrons. The van der Waals surface area contributed by atoms with E-state index in [0.717, 1.165) is 0 Å². The quantitative estimate of drug-likeness (QED) is 0.432. The number of methoxy groups -OCH3 is 3. The average Bonchev–Trinajstić information content (AvgIpc) is 3.29. The van der Waals surface area contributed by atoms with Gasteiger partial charge in [0.15, 0.2) is 24.7 Å². The maximum atomic E-state index is 12.5. The number of hydrogen-bond donors (Lipinski definition) is 1. The van der Waals surface area contributed by atoms with Gasteiger partial charge in [0.05, 0.1) is 37.5 Å². The lowest BCUT2D eigenvalue weighted by Crippen LogP contribution is -2.20. The Bertz CT molecular complexity index is 1160. The number of primary amides is 1. The predicted octanol–water partition coefficient (Wildman–Crippen LogP) is 2.64. The number of nitrogens with two attached hydrogens (primary N) is 1. The maximum absolute atomic E-state index is 12.5. The molecule has 0 fully saturated rings. The summed E-state index contributed by atoms with van der Waals surface area (Å²) in [5.74, 6) is 0.192. The number of benzene rings is 2. The number of hydrogen-bond acceptors (Lipinski definition) is 10. The summed E-state index contributed by atoms with van der Waals surface area (Å²) >= 11 is 6.15. The zero-order chi connectivity index (χ0) is 24.0. The van der Waals surface area contributed by atoms with E-state index in [1.54, 1.807) is 25.3 Å². The van der Waals surface area contributed by atoms with Crippen molar-refractivity contribution in [3.63, 3.8) is 0 Å². The minimum atomic E-state index is -0.724. The van der Waals surface area contributed by atoms with Crippen molar-refractivity contribution in [3.8, 4) is 34.4 Å². The molecule has 1 amide bonds. The molecule has 1 aromatic heterocycles. The molecule has 11 nitrogen and oxygen atoms in total. The zero-order valence-electron chi connectivity index (χ0n) is 17.9. The predicted molar refractivity (Wildman–Crippen MR) is 115 cm³/mol. The molecule has 12 heteroatoms. The number of ether oxygens (including phenoxy) is 5. The van der Waals surface area contributed by atoms with Crippen LogP contribution < -0.4 is 24.7 Å². The Balaban J connectivity index is 1.71. The molecule has 3 rings (SSSR count). The molecule has 0 aliphatic rings. The van der Waals surface area contributed by atoms with E-state index in [-0.39, 0.29) is 40.4 Å². The number of nitrogens with zero attached hydrogens (tertiary/aromatic N) is 2. The van der Waals surface area contributed by atoms with Gasteiger partial charge in [0.2, 0.25) is 5.82 Å². The fourth-order valence-electron chi connectivity index (χ4n) is 2.74. The molecule has 1 heterocycles. The van der Waals surface area contributed by atoms with Crippen molar-refractivity contribution in [3.05, 3.63) is 46.8 Å². The molecular weight excluding hydrogens is 458 g/mol. The monoisotopic (exact) mass is 477 g/mol. The smallest absolute Gasteiger partial charge is 0.338 e. The van der Waals surface area contributed by atoms with E-state index >= 15 is 0 Å². The van der Waals surface area contributed by atoms with Crippen LogP contribution in [0.3, 0.4) is 0 Å². The van der Waals surface area contributed by atoms with Gasteiger partial charge in [-0.15, -0.1) is 0 Å². The zero-order valence-corrected chi connectivity index (χ0v) is 18.7. The summed E-state index contributed by atoms with van der Waals surface area (Å²) in [6.45, 7) is -0.692. The summed E-state index contributed by atoms with van der Waals surface area (Å²) in [5, 5.41) is 3.93. The fraction of sp³-hybridized carbons (Fsp3) is 0.238. The molecule has 0 unspecified atom stereocenters. The summed E-state index contributed by atoms with van der Waals surface area (Å²) in [5.41, 5.74) is 5.72. The van der Waals surface area contributed by atoms with Gasteiger partial charge in [0, 0.05) is 6.07 Å². The molecule has 2 N–H and O–H groups in total. The summed E-state index contributed by atoms with van der Waals surface area (Å²) < 4.78 is 31.3. The Morgan fingerprint density at radius 1 is 1.06 bits per heavy atom. The van der Waals surface area contributed by atoms with Crippen LogP contribution in [0.2, 0.25) is 5.02 Å². The Labute approximate surface area is 193 Å². The number of rotatable bonds is 10. The first-order valence-electron chi connectivity index (χ1n) is 9.37. The third-order valence-corrected chi connectivity index (χ3v) is 4.55. The Morgan fingerprint density at radius 3 is 2.48 bits per heavy atom. The maximum Gasteiger partial charge on any atom is 0.338 e. The van der Waals surface area contributed by atoms with E-state index < -0.39 is 18.5 Å². The van der Waals surface area contributed by atoms with Gasteiger partial charge >= 0.3 is 5.97 Å². The third kappa shape index (κ3) is 5.63. The highest BCUT2D eigenvalue weighted by Gasteiger charge is 2.19. The molecule has 0 aliphatic carbocycles.